The molecule has 0 unspecified atom stereocenters. The zero-order valence-corrected chi connectivity index (χ0v) is 15.9. The standard InChI is InChI=1S/C19H28N4S/c1-12(2)11-23-9-7-14(8-10-23)22-18-17-15-5-4-6-16(15)24-19(17)21-13(3)20-18/h12,14H,4-11H2,1-3H3,(H,20,21,22). The van der Waals surface area contributed by atoms with E-state index in [1.165, 1.54) is 67.5 Å². The van der Waals surface area contributed by atoms with Crippen LogP contribution < -0.4 is 5.32 Å². The average molecular weight is 345 g/mol. The lowest BCUT2D eigenvalue weighted by Crippen LogP contribution is -2.40. The molecule has 24 heavy (non-hydrogen) atoms. The Balaban J connectivity index is 1.53. The maximum atomic E-state index is 4.78. The van der Waals surface area contributed by atoms with Crippen molar-refractivity contribution in [1.82, 2.24) is 14.9 Å². The summed E-state index contributed by atoms with van der Waals surface area (Å²) < 4.78 is 0. The van der Waals surface area contributed by atoms with Crippen molar-refractivity contribution in [2.45, 2.75) is 58.9 Å². The minimum atomic E-state index is 0.544. The van der Waals surface area contributed by atoms with Gasteiger partial charge in [0.1, 0.15) is 16.5 Å². The molecular formula is C19H28N4S. The normalized spacial score (nSPS) is 19.3. The minimum absolute atomic E-state index is 0.544. The Morgan fingerprint density at radius 2 is 2.00 bits per heavy atom. The minimum Gasteiger partial charge on any atom is -0.367 e. The van der Waals surface area contributed by atoms with E-state index in [0.29, 0.717) is 6.04 Å². The Morgan fingerprint density at radius 1 is 1.21 bits per heavy atom. The SMILES string of the molecule is Cc1nc(NC2CCN(CC(C)C)CC2)c2c3c(sc2n1)CCC3. The fourth-order valence-corrected chi connectivity index (χ4v) is 5.48. The number of aryl methyl sites for hydroxylation is 3. The van der Waals surface area contributed by atoms with E-state index in [-0.39, 0.29) is 0 Å². The van der Waals surface area contributed by atoms with Crippen LogP contribution in [0.4, 0.5) is 5.82 Å². The van der Waals surface area contributed by atoms with E-state index in [9.17, 15) is 0 Å². The van der Waals surface area contributed by atoms with Gasteiger partial charge >= 0.3 is 0 Å². The van der Waals surface area contributed by atoms with Gasteiger partial charge in [-0.2, -0.15) is 0 Å². The molecule has 2 aromatic heterocycles. The van der Waals surface area contributed by atoms with E-state index in [0.717, 1.165) is 17.6 Å². The first kappa shape index (κ1) is 16.3. The molecule has 2 aliphatic rings. The summed E-state index contributed by atoms with van der Waals surface area (Å²) >= 11 is 1.88. The highest BCUT2D eigenvalue weighted by Gasteiger charge is 2.25. The molecule has 1 saturated heterocycles. The number of rotatable bonds is 4. The zero-order valence-electron chi connectivity index (χ0n) is 15.1. The zero-order chi connectivity index (χ0) is 16.7. The van der Waals surface area contributed by atoms with E-state index in [1.807, 2.05) is 18.3 Å². The van der Waals surface area contributed by atoms with E-state index in [1.54, 1.807) is 4.88 Å². The molecule has 1 N–H and O–H groups in total. The molecular weight excluding hydrogens is 316 g/mol. The van der Waals surface area contributed by atoms with E-state index >= 15 is 0 Å². The van der Waals surface area contributed by atoms with Crippen LogP contribution in [0.5, 0.6) is 0 Å². The van der Waals surface area contributed by atoms with Crippen LogP contribution in [0, 0.1) is 12.8 Å². The van der Waals surface area contributed by atoms with Gasteiger partial charge in [0, 0.05) is 30.6 Å². The molecule has 0 aromatic carbocycles. The Bertz CT molecular complexity index is 729. The molecule has 4 rings (SSSR count). The number of thiophene rings is 1. The average Bonchev–Trinajstić information content (AvgIpc) is 3.08. The van der Waals surface area contributed by atoms with Gasteiger partial charge in [-0.15, -0.1) is 11.3 Å². The maximum Gasteiger partial charge on any atom is 0.139 e. The predicted octanol–water partition coefficient (Wildman–Crippen LogP) is 4.02. The Hall–Kier alpha value is -1.20. The Labute approximate surface area is 148 Å². The number of piperidine rings is 1. The van der Waals surface area contributed by atoms with E-state index in [4.69, 9.17) is 9.97 Å². The van der Waals surface area contributed by atoms with Crippen LogP contribution in [0.3, 0.4) is 0 Å². The first-order chi connectivity index (χ1) is 11.6. The third kappa shape index (κ3) is 3.16. The van der Waals surface area contributed by atoms with Crippen LogP contribution in [-0.4, -0.2) is 40.5 Å². The van der Waals surface area contributed by atoms with Gasteiger partial charge in [0.05, 0.1) is 5.39 Å². The summed E-state index contributed by atoms with van der Waals surface area (Å²) in [5.74, 6) is 2.74. The second kappa shape index (κ2) is 6.60. The highest BCUT2D eigenvalue weighted by Crippen LogP contribution is 2.39. The van der Waals surface area contributed by atoms with Crippen LogP contribution >= 0.6 is 11.3 Å². The van der Waals surface area contributed by atoms with E-state index in [2.05, 4.69) is 24.1 Å². The van der Waals surface area contributed by atoms with Gasteiger partial charge in [0.2, 0.25) is 0 Å². The second-order valence-electron chi connectivity index (χ2n) is 7.77. The molecule has 130 valence electrons. The third-order valence-corrected chi connectivity index (χ3v) is 6.41. The number of anilines is 1. The number of fused-ring (bicyclic) bond motifs is 3. The van der Waals surface area contributed by atoms with E-state index < -0.39 is 0 Å². The molecule has 1 fully saturated rings. The van der Waals surface area contributed by atoms with Crippen molar-refractivity contribution < 1.29 is 0 Å². The number of aromatic nitrogens is 2. The summed E-state index contributed by atoms with van der Waals surface area (Å²) in [6, 6.07) is 0.544. The van der Waals surface area contributed by atoms with Gasteiger partial charge in [0.25, 0.3) is 0 Å². The van der Waals surface area contributed by atoms with Gasteiger partial charge in [-0.3, -0.25) is 0 Å². The molecule has 0 saturated carbocycles. The summed E-state index contributed by atoms with van der Waals surface area (Å²) in [7, 11) is 0. The molecule has 0 atom stereocenters. The Kier molecular flexibility index (Phi) is 4.48. The molecule has 0 bridgehead atoms. The highest BCUT2D eigenvalue weighted by atomic mass is 32.1. The number of hydrogen-bond donors (Lipinski definition) is 1. The monoisotopic (exact) mass is 344 g/mol. The molecule has 4 nitrogen and oxygen atoms in total. The summed E-state index contributed by atoms with van der Waals surface area (Å²) in [6.45, 7) is 10.3. The van der Waals surface area contributed by atoms with Gasteiger partial charge in [-0.25, -0.2) is 9.97 Å². The van der Waals surface area contributed by atoms with Crippen molar-refractivity contribution in [3.63, 3.8) is 0 Å². The van der Waals surface area contributed by atoms with Crippen molar-refractivity contribution in [1.29, 1.82) is 0 Å². The summed E-state index contributed by atoms with van der Waals surface area (Å²) in [5, 5.41) is 5.11. The lowest BCUT2D eigenvalue weighted by atomic mass is 10.0. The summed E-state index contributed by atoms with van der Waals surface area (Å²) in [5.41, 5.74) is 1.52. The van der Waals surface area contributed by atoms with Crippen LogP contribution in [-0.2, 0) is 12.8 Å². The van der Waals surface area contributed by atoms with Crippen molar-refractivity contribution >= 4 is 27.4 Å². The number of nitrogens with zero attached hydrogens (tertiary/aromatic N) is 3. The molecule has 0 radical (unpaired) electrons. The van der Waals surface area contributed by atoms with Crippen molar-refractivity contribution in [3.8, 4) is 0 Å². The molecule has 1 aliphatic heterocycles. The lowest BCUT2D eigenvalue weighted by Gasteiger charge is -2.33. The predicted molar refractivity (Wildman–Crippen MR) is 102 cm³/mol. The summed E-state index contributed by atoms with van der Waals surface area (Å²) in [6.07, 6.45) is 6.14. The molecule has 0 amide bonds. The fraction of sp³-hybridized carbons (Fsp3) is 0.684. The van der Waals surface area contributed by atoms with Gasteiger partial charge in [0.15, 0.2) is 0 Å². The summed E-state index contributed by atoms with van der Waals surface area (Å²) in [4.78, 5) is 14.8. The smallest absolute Gasteiger partial charge is 0.139 e. The number of likely N-dealkylation sites (tertiary alicyclic amines) is 1. The first-order valence-corrected chi connectivity index (χ1v) is 10.2. The fourth-order valence-electron chi connectivity index (χ4n) is 4.18. The Morgan fingerprint density at radius 3 is 2.75 bits per heavy atom. The topological polar surface area (TPSA) is 41.1 Å². The molecule has 0 spiro atoms. The van der Waals surface area contributed by atoms with Crippen molar-refractivity contribution in [3.05, 3.63) is 16.3 Å². The van der Waals surface area contributed by atoms with Crippen molar-refractivity contribution in [2.75, 3.05) is 25.0 Å². The van der Waals surface area contributed by atoms with Gasteiger partial charge in [-0.1, -0.05) is 13.8 Å². The molecule has 5 heteroatoms. The third-order valence-electron chi connectivity index (χ3n) is 5.23. The molecule has 3 heterocycles. The number of hydrogen-bond acceptors (Lipinski definition) is 5. The quantitative estimate of drug-likeness (QED) is 0.909. The molecule has 1 aliphatic carbocycles. The second-order valence-corrected chi connectivity index (χ2v) is 8.85. The van der Waals surface area contributed by atoms with Gasteiger partial charge in [-0.05, 0) is 50.5 Å². The highest BCUT2D eigenvalue weighted by molar-refractivity contribution is 7.19. The largest absolute Gasteiger partial charge is 0.367 e. The van der Waals surface area contributed by atoms with Crippen LogP contribution in [0.15, 0.2) is 0 Å². The molecule has 2 aromatic rings. The number of nitrogens with one attached hydrogen (secondary N) is 1. The van der Waals surface area contributed by atoms with Crippen LogP contribution in [0.25, 0.3) is 10.2 Å². The van der Waals surface area contributed by atoms with Crippen LogP contribution in [0.2, 0.25) is 0 Å². The maximum absolute atomic E-state index is 4.78. The first-order valence-electron chi connectivity index (χ1n) is 9.38. The van der Waals surface area contributed by atoms with Crippen molar-refractivity contribution in [2.24, 2.45) is 5.92 Å². The lowest BCUT2D eigenvalue weighted by molar-refractivity contribution is 0.198. The van der Waals surface area contributed by atoms with Crippen LogP contribution in [0.1, 0.15) is 49.4 Å². The van der Waals surface area contributed by atoms with Gasteiger partial charge < -0.3 is 10.2 Å².